The Kier molecular flexibility index (Phi) is 11.5. The molecule has 1 heteroatoms. The van der Waals surface area contributed by atoms with Gasteiger partial charge in [0.1, 0.15) is 0 Å². The molecule has 0 bridgehead atoms. The third kappa shape index (κ3) is 8.62. The fourth-order valence-corrected chi connectivity index (χ4v) is 19.1. The van der Waals surface area contributed by atoms with Crippen LogP contribution in [-0.2, 0) is 0 Å². The summed E-state index contributed by atoms with van der Waals surface area (Å²) in [7, 11) is 0. The van der Waals surface area contributed by atoms with Crippen molar-refractivity contribution in [1.82, 2.24) is 0 Å². The van der Waals surface area contributed by atoms with E-state index in [9.17, 15) is 0 Å². The van der Waals surface area contributed by atoms with Crippen LogP contribution in [0.5, 0.6) is 0 Å². The summed E-state index contributed by atoms with van der Waals surface area (Å²) in [6.45, 7) is 13.5. The molecule has 0 unspecified atom stereocenters. The molecular weight excluding hydrogens is 407 g/mol. The van der Waals surface area contributed by atoms with Gasteiger partial charge in [0.25, 0.3) is 0 Å². The number of rotatable bonds is 13. The third-order valence-electron chi connectivity index (χ3n) is 5.20. The van der Waals surface area contributed by atoms with Crippen LogP contribution >= 0.6 is 0 Å². The average Bonchev–Trinajstić information content (AvgIpc) is 2.62. The van der Waals surface area contributed by atoms with Gasteiger partial charge in [-0.15, -0.1) is 0 Å². The Morgan fingerprint density at radius 2 is 1.36 bits per heavy atom. The van der Waals surface area contributed by atoms with Crippen molar-refractivity contribution in [2.75, 3.05) is 0 Å². The van der Waals surface area contributed by atoms with Crippen LogP contribution in [0.4, 0.5) is 0 Å². The van der Waals surface area contributed by atoms with Crippen LogP contribution in [-0.4, -0.2) is 18.4 Å². The van der Waals surface area contributed by atoms with Crippen molar-refractivity contribution in [3.05, 3.63) is 52.1 Å². The minimum atomic E-state index is -2.26. The van der Waals surface area contributed by atoms with Gasteiger partial charge in [0.15, 0.2) is 0 Å². The van der Waals surface area contributed by atoms with Crippen LogP contribution < -0.4 is 0 Å². The second kappa shape index (κ2) is 12.8. The Bertz CT molecular complexity index is 490. The van der Waals surface area contributed by atoms with Gasteiger partial charge in [-0.2, -0.15) is 0 Å². The van der Waals surface area contributed by atoms with Crippen LogP contribution in [0.2, 0.25) is 13.3 Å². The molecule has 0 aromatic heterocycles. The van der Waals surface area contributed by atoms with Crippen LogP contribution in [0.25, 0.3) is 5.57 Å². The minimum absolute atomic E-state index is 1.05. The molecule has 0 saturated heterocycles. The Morgan fingerprint density at radius 3 is 1.76 bits per heavy atom. The molecule has 1 aromatic carbocycles. The molecular formula is C24H40Sn. The maximum atomic E-state index is 4.22. The molecule has 25 heavy (non-hydrogen) atoms. The number of allylic oxidation sites excluding steroid dienone is 2. The van der Waals surface area contributed by atoms with Crippen molar-refractivity contribution < 1.29 is 0 Å². The van der Waals surface area contributed by atoms with Crippen LogP contribution in [0.3, 0.4) is 0 Å². The second-order valence-corrected chi connectivity index (χ2v) is 20.7. The first kappa shape index (κ1) is 22.5. The summed E-state index contributed by atoms with van der Waals surface area (Å²) in [4.78, 5) is 0. The quantitative estimate of drug-likeness (QED) is 0.210. The monoisotopic (exact) mass is 448 g/mol. The molecule has 0 radical (unpaired) electrons. The van der Waals surface area contributed by atoms with Gasteiger partial charge in [0.2, 0.25) is 0 Å². The number of hydrogen-bond donors (Lipinski definition) is 0. The van der Waals surface area contributed by atoms with Crippen molar-refractivity contribution in [2.45, 2.75) is 86.0 Å². The van der Waals surface area contributed by atoms with Crippen LogP contribution in [0.15, 0.2) is 46.6 Å². The van der Waals surface area contributed by atoms with E-state index in [1.54, 1.807) is 5.57 Å². The van der Waals surface area contributed by atoms with E-state index in [-0.39, 0.29) is 0 Å². The Morgan fingerprint density at radius 1 is 0.880 bits per heavy atom. The predicted molar refractivity (Wildman–Crippen MR) is 119 cm³/mol. The molecule has 1 aromatic rings. The molecule has 1 rings (SSSR count). The normalized spacial score (nSPS) is 12.4. The van der Waals surface area contributed by atoms with E-state index in [1.165, 1.54) is 63.0 Å². The Hall–Kier alpha value is -0.501. The van der Waals surface area contributed by atoms with E-state index < -0.39 is 18.4 Å². The number of benzene rings is 1. The standard InChI is InChI=1S/C12H13.3C4H9.Sn/c1-10(2)9-11(3)12-7-5-4-6-8-12;3*1-3-4-2;/h3-8H,1,9H2,2H3;3*1,3-4H2,2H3;. The summed E-state index contributed by atoms with van der Waals surface area (Å²) in [5, 5.41) is 0. The summed E-state index contributed by atoms with van der Waals surface area (Å²) in [5.41, 5.74) is 4.29. The molecule has 0 aliphatic carbocycles. The second-order valence-electron chi connectivity index (χ2n) is 7.84. The molecule has 140 valence electrons. The molecule has 0 fully saturated rings. The van der Waals surface area contributed by atoms with E-state index in [0.717, 1.165) is 6.42 Å². The van der Waals surface area contributed by atoms with Gasteiger partial charge in [-0.3, -0.25) is 0 Å². The van der Waals surface area contributed by atoms with E-state index in [2.05, 4.69) is 68.7 Å². The van der Waals surface area contributed by atoms with Crippen molar-refractivity contribution in [3.63, 3.8) is 0 Å². The molecule has 0 atom stereocenters. The SMILES string of the molecule is C=C(C)C/C(=[CH]/[Sn]([CH2]CCC)([CH2]CCC)[CH2]CCC)c1ccccc1. The molecule has 0 nitrogen and oxygen atoms in total. The topological polar surface area (TPSA) is 0 Å². The first-order chi connectivity index (χ1) is 12.1. The molecule has 0 saturated carbocycles. The summed E-state index contributed by atoms with van der Waals surface area (Å²) in [5.74, 6) is 0. The van der Waals surface area contributed by atoms with E-state index >= 15 is 0 Å². The van der Waals surface area contributed by atoms with Gasteiger partial charge in [0.05, 0.1) is 0 Å². The van der Waals surface area contributed by atoms with Crippen LogP contribution in [0.1, 0.15) is 78.2 Å². The number of hydrogen-bond acceptors (Lipinski definition) is 0. The molecule has 0 N–H and O–H groups in total. The molecule has 0 spiro atoms. The molecule has 0 heterocycles. The Labute approximate surface area is 161 Å². The average molecular weight is 447 g/mol. The van der Waals surface area contributed by atoms with E-state index in [1.807, 2.05) is 0 Å². The third-order valence-corrected chi connectivity index (χ3v) is 19.5. The summed E-state index contributed by atoms with van der Waals surface area (Å²) < 4.78 is 7.49. The first-order valence-electron chi connectivity index (χ1n) is 10.5. The zero-order chi connectivity index (χ0) is 18.5. The summed E-state index contributed by atoms with van der Waals surface area (Å²) in [6, 6.07) is 11.1. The Balaban J connectivity index is 3.27. The van der Waals surface area contributed by atoms with Gasteiger partial charge in [-0.25, -0.2) is 0 Å². The molecule has 0 aliphatic rings. The van der Waals surface area contributed by atoms with Gasteiger partial charge < -0.3 is 0 Å². The van der Waals surface area contributed by atoms with Crippen molar-refractivity contribution in [3.8, 4) is 0 Å². The van der Waals surface area contributed by atoms with Gasteiger partial charge in [-0.05, 0) is 0 Å². The van der Waals surface area contributed by atoms with Gasteiger partial charge in [-0.1, -0.05) is 0 Å². The fourth-order valence-electron chi connectivity index (χ4n) is 3.76. The summed E-state index contributed by atoms with van der Waals surface area (Å²) in [6.07, 6.45) is 9.34. The summed E-state index contributed by atoms with van der Waals surface area (Å²) >= 11 is -2.26. The van der Waals surface area contributed by atoms with Crippen molar-refractivity contribution in [1.29, 1.82) is 0 Å². The van der Waals surface area contributed by atoms with E-state index in [4.69, 9.17) is 0 Å². The van der Waals surface area contributed by atoms with E-state index in [0.29, 0.717) is 0 Å². The number of unbranched alkanes of at least 4 members (excludes halogenated alkanes) is 3. The maximum absolute atomic E-state index is 4.22. The van der Waals surface area contributed by atoms with Crippen molar-refractivity contribution in [2.24, 2.45) is 0 Å². The zero-order valence-electron chi connectivity index (χ0n) is 17.2. The molecule has 0 amide bonds. The van der Waals surface area contributed by atoms with Gasteiger partial charge >= 0.3 is 162 Å². The van der Waals surface area contributed by atoms with Crippen molar-refractivity contribution >= 4 is 24.0 Å². The fraction of sp³-hybridized carbons (Fsp3) is 0.583. The molecule has 0 aliphatic heterocycles. The predicted octanol–water partition coefficient (Wildman–Crippen LogP) is 8.42. The van der Waals surface area contributed by atoms with Gasteiger partial charge in [0, 0.05) is 0 Å². The zero-order valence-corrected chi connectivity index (χ0v) is 20.1. The van der Waals surface area contributed by atoms with Crippen LogP contribution in [0, 0.1) is 0 Å². The first-order valence-corrected chi connectivity index (χ1v) is 18.2.